The topological polar surface area (TPSA) is 94.6 Å². The first kappa shape index (κ1) is 18.3. The summed E-state index contributed by atoms with van der Waals surface area (Å²) in [6.45, 7) is 0. The molecule has 0 aliphatic rings. The minimum atomic E-state index is -0.534. The van der Waals surface area contributed by atoms with Crippen molar-refractivity contribution in [1.82, 2.24) is 0 Å². The number of aryl methyl sites for hydroxylation is 1. The monoisotopic (exact) mass is 364 g/mol. The van der Waals surface area contributed by atoms with E-state index in [-0.39, 0.29) is 12.3 Å². The van der Waals surface area contributed by atoms with E-state index < -0.39 is 5.91 Å². The van der Waals surface area contributed by atoms with Gasteiger partial charge >= 0.3 is 0 Å². The molecule has 0 unspecified atom stereocenters. The summed E-state index contributed by atoms with van der Waals surface area (Å²) in [5.74, 6) is 1.54. The molecule has 0 spiro atoms. The normalized spacial score (nSPS) is 10.4. The van der Waals surface area contributed by atoms with Crippen molar-refractivity contribution in [3.8, 4) is 17.1 Å². The van der Waals surface area contributed by atoms with Crippen molar-refractivity contribution in [2.24, 2.45) is 5.73 Å². The smallest absolute Gasteiger partial charge is 0.248 e. The second-order valence-corrected chi connectivity index (χ2v) is 5.99. The predicted molar refractivity (Wildman–Crippen MR) is 103 cm³/mol. The highest BCUT2D eigenvalue weighted by molar-refractivity contribution is 5.96. The number of hydrogen-bond donors (Lipinski definition) is 2. The number of carbonyl (C=O) groups excluding carboxylic acids is 2. The van der Waals surface area contributed by atoms with Gasteiger partial charge in [0.1, 0.15) is 17.3 Å². The Morgan fingerprint density at radius 1 is 1.07 bits per heavy atom. The van der Waals surface area contributed by atoms with Crippen LogP contribution in [-0.4, -0.2) is 18.9 Å². The van der Waals surface area contributed by atoms with Crippen molar-refractivity contribution >= 4 is 17.5 Å². The molecule has 1 heterocycles. The zero-order valence-electron chi connectivity index (χ0n) is 14.9. The van der Waals surface area contributed by atoms with Crippen LogP contribution in [0.5, 0.6) is 5.75 Å². The van der Waals surface area contributed by atoms with Gasteiger partial charge in [-0.15, -0.1) is 0 Å². The van der Waals surface area contributed by atoms with Gasteiger partial charge in [0.25, 0.3) is 0 Å². The van der Waals surface area contributed by atoms with E-state index >= 15 is 0 Å². The molecule has 0 aliphatic carbocycles. The summed E-state index contributed by atoms with van der Waals surface area (Å²) in [6, 6.07) is 17.8. The number of nitrogens with two attached hydrogens (primary N) is 1. The number of benzene rings is 2. The van der Waals surface area contributed by atoms with E-state index in [2.05, 4.69) is 5.32 Å². The van der Waals surface area contributed by atoms with E-state index in [1.54, 1.807) is 31.4 Å². The van der Waals surface area contributed by atoms with Crippen LogP contribution in [0, 0.1) is 0 Å². The van der Waals surface area contributed by atoms with Crippen LogP contribution in [0.2, 0.25) is 0 Å². The van der Waals surface area contributed by atoms with E-state index in [0.717, 1.165) is 22.8 Å². The van der Waals surface area contributed by atoms with Gasteiger partial charge in [0.2, 0.25) is 11.8 Å². The summed E-state index contributed by atoms with van der Waals surface area (Å²) in [7, 11) is 1.62. The first-order chi connectivity index (χ1) is 13.0. The Balaban J connectivity index is 1.57. The Labute approximate surface area is 156 Å². The Hall–Kier alpha value is -3.54. The minimum absolute atomic E-state index is 0.168. The van der Waals surface area contributed by atoms with Gasteiger partial charge < -0.3 is 20.2 Å². The second kappa shape index (κ2) is 8.23. The highest BCUT2D eigenvalue weighted by Gasteiger charge is 2.09. The molecule has 0 aliphatic heterocycles. The summed E-state index contributed by atoms with van der Waals surface area (Å²) in [4.78, 5) is 23.3. The van der Waals surface area contributed by atoms with Crippen molar-refractivity contribution in [3.05, 3.63) is 72.0 Å². The standard InChI is InChI=1S/C21H20N2O4/c1-26-17-7-5-14(6-8-17)19-11-9-18(27-19)10-12-20(24)23-16-4-2-3-15(13-16)21(22)25/h2-9,11,13H,10,12H2,1H3,(H2,22,25)(H,23,24). The van der Waals surface area contributed by atoms with Gasteiger partial charge in [-0.2, -0.15) is 0 Å². The van der Waals surface area contributed by atoms with Crippen LogP contribution in [0.1, 0.15) is 22.5 Å². The number of primary amides is 1. The molecule has 138 valence electrons. The molecule has 1 aromatic heterocycles. The molecule has 0 saturated heterocycles. The Morgan fingerprint density at radius 2 is 1.85 bits per heavy atom. The molecule has 0 bridgehead atoms. The van der Waals surface area contributed by atoms with Gasteiger partial charge in [0.15, 0.2) is 0 Å². The average Bonchev–Trinajstić information content (AvgIpc) is 3.16. The fraction of sp³-hybridized carbons (Fsp3) is 0.143. The van der Waals surface area contributed by atoms with Gasteiger partial charge in [0, 0.05) is 29.7 Å². The van der Waals surface area contributed by atoms with Gasteiger partial charge in [-0.1, -0.05) is 6.07 Å². The largest absolute Gasteiger partial charge is 0.497 e. The molecule has 6 nitrogen and oxygen atoms in total. The lowest BCUT2D eigenvalue weighted by Gasteiger charge is -2.05. The van der Waals surface area contributed by atoms with Crippen molar-refractivity contribution in [1.29, 1.82) is 0 Å². The third-order valence-corrected chi connectivity index (χ3v) is 4.07. The van der Waals surface area contributed by atoms with Crippen molar-refractivity contribution in [3.63, 3.8) is 0 Å². The fourth-order valence-corrected chi connectivity index (χ4v) is 2.63. The lowest BCUT2D eigenvalue weighted by molar-refractivity contribution is -0.116. The summed E-state index contributed by atoms with van der Waals surface area (Å²) in [5, 5.41) is 2.76. The quantitative estimate of drug-likeness (QED) is 0.669. The number of methoxy groups -OCH3 is 1. The zero-order valence-corrected chi connectivity index (χ0v) is 14.9. The Kier molecular flexibility index (Phi) is 5.56. The molecule has 0 atom stereocenters. The average molecular weight is 364 g/mol. The van der Waals surface area contributed by atoms with E-state index in [1.807, 2.05) is 36.4 Å². The SMILES string of the molecule is COc1ccc(-c2ccc(CCC(=O)Nc3cccc(C(N)=O)c3)o2)cc1. The van der Waals surface area contributed by atoms with Crippen LogP contribution in [0.15, 0.2) is 65.1 Å². The zero-order chi connectivity index (χ0) is 19.2. The number of nitrogens with one attached hydrogen (secondary N) is 1. The molecular weight excluding hydrogens is 344 g/mol. The number of rotatable bonds is 7. The minimum Gasteiger partial charge on any atom is -0.497 e. The molecule has 0 radical (unpaired) electrons. The molecule has 0 saturated carbocycles. The number of carbonyl (C=O) groups is 2. The molecule has 2 amide bonds. The molecule has 6 heteroatoms. The molecule has 3 aromatic rings. The number of furan rings is 1. The van der Waals surface area contributed by atoms with Crippen LogP contribution in [-0.2, 0) is 11.2 Å². The van der Waals surface area contributed by atoms with Crippen molar-refractivity contribution < 1.29 is 18.7 Å². The molecular formula is C21H20N2O4. The van der Waals surface area contributed by atoms with Crippen LogP contribution in [0.4, 0.5) is 5.69 Å². The molecule has 3 N–H and O–H groups in total. The fourth-order valence-electron chi connectivity index (χ4n) is 2.63. The van der Waals surface area contributed by atoms with E-state index in [9.17, 15) is 9.59 Å². The van der Waals surface area contributed by atoms with Crippen LogP contribution in [0.3, 0.4) is 0 Å². The van der Waals surface area contributed by atoms with Crippen LogP contribution in [0.25, 0.3) is 11.3 Å². The number of hydrogen-bond acceptors (Lipinski definition) is 4. The maximum atomic E-state index is 12.1. The third kappa shape index (κ3) is 4.76. The first-order valence-electron chi connectivity index (χ1n) is 8.48. The maximum Gasteiger partial charge on any atom is 0.248 e. The highest BCUT2D eigenvalue weighted by atomic mass is 16.5. The Bertz CT molecular complexity index is 945. The number of ether oxygens (including phenoxy) is 1. The number of amides is 2. The first-order valence-corrected chi connectivity index (χ1v) is 8.48. The van der Waals surface area contributed by atoms with E-state index in [4.69, 9.17) is 14.9 Å². The number of anilines is 1. The van der Waals surface area contributed by atoms with E-state index in [0.29, 0.717) is 17.7 Å². The molecule has 27 heavy (non-hydrogen) atoms. The highest BCUT2D eigenvalue weighted by Crippen LogP contribution is 2.25. The molecule has 3 rings (SSSR count). The summed E-state index contributed by atoms with van der Waals surface area (Å²) < 4.78 is 11.0. The van der Waals surface area contributed by atoms with Crippen molar-refractivity contribution in [2.45, 2.75) is 12.8 Å². The van der Waals surface area contributed by atoms with Gasteiger partial charge in [-0.05, 0) is 54.6 Å². The summed E-state index contributed by atoms with van der Waals surface area (Å²) >= 11 is 0. The maximum absolute atomic E-state index is 12.1. The third-order valence-electron chi connectivity index (χ3n) is 4.07. The molecule has 0 fully saturated rings. The van der Waals surface area contributed by atoms with Crippen LogP contribution >= 0.6 is 0 Å². The predicted octanol–water partition coefficient (Wildman–Crippen LogP) is 3.63. The summed E-state index contributed by atoms with van der Waals surface area (Å²) in [5.41, 5.74) is 7.07. The van der Waals surface area contributed by atoms with Crippen molar-refractivity contribution in [2.75, 3.05) is 12.4 Å². The van der Waals surface area contributed by atoms with Gasteiger partial charge in [-0.3, -0.25) is 9.59 Å². The van der Waals surface area contributed by atoms with Crippen LogP contribution < -0.4 is 15.8 Å². The Morgan fingerprint density at radius 3 is 2.56 bits per heavy atom. The summed E-state index contributed by atoms with van der Waals surface area (Å²) in [6.07, 6.45) is 0.730. The molecule has 2 aromatic carbocycles. The second-order valence-electron chi connectivity index (χ2n) is 5.99. The van der Waals surface area contributed by atoms with Gasteiger partial charge in [0.05, 0.1) is 7.11 Å². The van der Waals surface area contributed by atoms with E-state index in [1.165, 1.54) is 0 Å². The lowest BCUT2D eigenvalue weighted by atomic mass is 10.1. The lowest BCUT2D eigenvalue weighted by Crippen LogP contribution is -2.14. The van der Waals surface area contributed by atoms with Gasteiger partial charge in [-0.25, -0.2) is 0 Å².